The Labute approximate surface area is 140 Å². The lowest BCUT2D eigenvalue weighted by atomic mass is 10.1. The first-order valence-corrected chi connectivity index (χ1v) is 8.25. The Morgan fingerprint density at radius 1 is 1.17 bits per heavy atom. The topological polar surface area (TPSA) is 52.7 Å². The summed E-state index contributed by atoms with van der Waals surface area (Å²) in [5, 5.41) is 2.73. The molecule has 2 heterocycles. The third-order valence-electron chi connectivity index (χ3n) is 4.18. The van der Waals surface area contributed by atoms with Crippen molar-refractivity contribution in [3.05, 3.63) is 35.4 Å². The molecule has 0 atom stereocenters. The predicted octanol–water partition coefficient (Wildman–Crippen LogP) is 1.93. The van der Waals surface area contributed by atoms with Gasteiger partial charge in [0.2, 0.25) is 0 Å². The van der Waals surface area contributed by atoms with E-state index in [1.165, 1.54) is 23.4 Å². The number of rotatable bonds is 3. The third-order valence-corrected chi connectivity index (χ3v) is 4.50. The molecule has 6 heteroatoms. The van der Waals surface area contributed by atoms with Crippen LogP contribution in [0.2, 0.25) is 0 Å². The van der Waals surface area contributed by atoms with Gasteiger partial charge in [-0.05, 0) is 55.8 Å². The van der Waals surface area contributed by atoms with Crippen LogP contribution in [-0.2, 0) is 9.59 Å². The minimum atomic E-state index is -0.437. The number of hydrogen-bond acceptors (Lipinski definition) is 4. The number of likely N-dealkylation sites (N-methyl/N-ethyl adjacent to an activating group) is 1. The first-order chi connectivity index (χ1) is 11.1. The molecular weight excluding hydrogens is 310 g/mol. The highest BCUT2D eigenvalue weighted by atomic mass is 32.1. The van der Waals surface area contributed by atoms with E-state index >= 15 is 0 Å². The molecule has 1 aromatic carbocycles. The van der Waals surface area contributed by atoms with Gasteiger partial charge in [-0.25, -0.2) is 0 Å². The van der Waals surface area contributed by atoms with Crippen LogP contribution in [-0.4, -0.2) is 41.5 Å². The number of carbonyl (C=O) groups excluding carboxylic acids is 2. The Balaban J connectivity index is 1.83. The van der Waals surface area contributed by atoms with Crippen molar-refractivity contribution < 1.29 is 9.59 Å². The van der Waals surface area contributed by atoms with Gasteiger partial charge in [-0.1, -0.05) is 12.1 Å². The summed E-state index contributed by atoms with van der Waals surface area (Å²) in [4.78, 5) is 28.1. The van der Waals surface area contributed by atoms with Crippen molar-refractivity contribution in [3.63, 3.8) is 0 Å². The largest absolute Gasteiger partial charge is 0.372 e. The monoisotopic (exact) mass is 329 g/mol. The Kier molecular flexibility index (Phi) is 4.43. The molecule has 1 aromatic rings. The van der Waals surface area contributed by atoms with E-state index in [4.69, 9.17) is 12.2 Å². The van der Waals surface area contributed by atoms with E-state index < -0.39 is 5.91 Å². The molecule has 0 saturated carbocycles. The predicted molar refractivity (Wildman–Crippen MR) is 94.0 cm³/mol. The van der Waals surface area contributed by atoms with E-state index in [1.807, 2.05) is 31.2 Å². The maximum atomic E-state index is 12.4. The van der Waals surface area contributed by atoms with Crippen molar-refractivity contribution >= 4 is 40.9 Å². The second-order valence-corrected chi connectivity index (χ2v) is 6.04. The molecule has 3 rings (SSSR count). The Bertz CT molecular complexity index is 676. The number of carbonyl (C=O) groups is 2. The van der Waals surface area contributed by atoms with E-state index in [9.17, 15) is 9.59 Å². The average molecular weight is 329 g/mol. The highest BCUT2D eigenvalue weighted by Gasteiger charge is 2.32. The van der Waals surface area contributed by atoms with Gasteiger partial charge in [-0.3, -0.25) is 19.8 Å². The number of hydrogen-bond donors (Lipinski definition) is 1. The summed E-state index contributed by atoms with van der Waals surface area (Å²) in [6.45, 7) is 4.43. The molecule has 0 unspecified atom stereocenters. The second kappa shape index (κ2) is 6.50. The molecular formula is C17H19N3O2S. The van der Waals surface area contributed by atoms with Crippen molar-refractivity contribution in [1.29, 1.82) is 0 Å². The summed E-state index contributed by atoms with van der Waals surface area (Å²) in [7, 11) is 0. The first-order valence-electron chi connectivity index (χ1n) is 7.84. The van der Waals surface area contributed by atoms with Gasteiger partial charge in [-0.2, -0.15) is 0 Å². The minimum Gasteiger partial charge on any atom is -0.372 e. The fraction of sp³-hybridized carbons (Fsp3) is 0.353. The Morgan fingerprint density at radius 2 is 1.83 bits per heavy atom. The Morgan fingerprint density at radius 3 is 2.43 bits per heavy atom. The molecule has 0 aliphatic carbocycles. The normalized spacial score (nSPS) is 20.4. The van der Waals surface area contributed by atoms with Crippen LogP contribution in [0.25, 0.3) is 6.08 Å². The zero-order chi connectivity index (χ0) is 16.4. The lowest BCUT2D eigenvalue weighted by Gasteiger charge is -2.27. The van der Waals surface area contributed by atoms with Gasteiger partial charge in [0, 0.05) is 25.3 Å². The fourth-order valence-corrected chi connectivity index (χ4v) is 3.21. The molecule has 5 nitrogen and oxygen atoms in total. The van der Waals surface area contributed by atoms with Crippen molar-refractivity contribution in [2.75, 3.05) is 24.5 Å². The first kappa shape index (κ1) is 15.7. The van der Waals surface area contributed by atoms with Gasteiger partial charge in [0.05, 0.1) is 0 Å². The van der Waals surface area contributed by atoms with E-state index in [0.717, 1.165) is 18.7 Å². The van der Waals surface area contributed by atoms with Crippen molar-refractivity contribution in [3.8, 4) is 0 Å². The molecule has 2 amide bonds. The number of anilines is 1. The summed E-state index contributed by atoms with van der Waals surface area (Å²) in [5.74, 6) is -0.779. The standard InChI is InChI=1S/C17H19N3O2S/c1-2-20-16(22)14(15(21)18-17(20)23)11-12-5-7-13(8-6-12)19-9-3-4-10-19/h5-8,11H,2-4,9-10H2,1H3,(H,18,21,23). The number of thiocarbonyl (C=S) groups is 1. The number of nitrogens with one attached hydrogen (secondary N) is 1. The zero-order valence-corrected chi connectivity index (χ0v) is 13.9. The van der Waals surface area contributed by atoms with Gasteiger partial charge >= 0.3 is 0 Å². The Hall–Kier alpha value is -2.21. The molecule has 0 bridgehead atoms. The van der Waals surface area contributed by atoms with Crippen LogP contribution in [0.1, 0.15) is 25.3 Å². The maximum Gasteiger partial charge on any atom is 0.265 e. The van der Waals surface area contributed by atoms with E-state index in [1.54, 1.807) is 6.08 Å². The average Bonchev–Trinajstić information content (AvgIpc) is 3.07. The second-order valence-electron chi connectivity index (χ2n) is 5.65. The van der Waals surface area contributed by atoms with Crippen LogP contribution in [0.15, 0.2) is 29.8 Å². The van der Waals surface area contributed by atoms with Gasteiger partial charge in [0.15, 0.2) is 5.11 Å². The maximum absolute atomic E-state index is 12.4. The van der Waals surface area contributed by atoms with Crippen LogP contribution in [0.3, 0.4) is 0 Å². The van der Waals surface area contributed by atoms with Crippen LogP contribution in [0.4, 0.5) is 5.69 Å². The smallest absolute Gasteiger partial charge is 0.265 e. The summed E-state index contributed by atoms with van der Waals surface area (Å²) in [5.41, 5.74) is 2.13. The highest BCUT2D eigenvalue weighted by molar-refractivity contribution is 7.80. The summed E-state index contributed by atoms with van der Waals surface area (Å²) < 4.78 is 0. The molecule has 2 fully saturated rings. The highest BCUT2D eigenvalue weighted by Crippen LogP contribution is 2.22. The van der Waals surface area contributed by atoms with Crippen molar-refractivity contribution in [1.82, 2.24) is 10.2 Å². The fourth-order valence-electron chi connectivity index (χ4n) is 2.90. The van der Waals surface area contributed by atoms with Gasteiger partial charge in [-0.15, -0.1) is 0 Å². The molecule has 2 saturated heterocycles. The molecule has 0 aromatic heterocycles. The summed E-state index contributed by atoms with van der Waals surface area (Å²) >= 11 is 5.02. The van der Waals surface area contributed by atoms with Crippen molar-refractivity contribution in [2.24, 2.45) is 0 Å². The van der Waals surface area contributed by atoms with Crippen LogP contribution in [0, 0.1) is 0 Å². The van der Waals surface area contributed by atoms with E-state index in [2.05, 4.69) is 10.2 Å². The van der Waals surface area contributed by atoms with Gasteiger partial charge < -0.3 is 4.90 Å². The SMILES string of the molecule is CCN1C(=O)C(=Cc2ccc(N3CCCC3)cc2)C(=O)NC1=S. The van der Waals surface area contributed by atoms with Gasteiger partial charge in [0.25, 0.3) is 11.8 Å². The van der Waals surface area contributed by atoms with E-state index in [-0.39, 0.29) is 16.6 Å². The summed E-state index contributed by atoms with van der Waals surface area (Å²) in [6.07, 6.45) is 4.08. The molecule has 0 radical (unpaired) electrons. The van der Waals surface area contributed by atoms with Crippen LogP contribution in [0.5, 0.6) is 0 Å². The molecule has 23 heavy (non-hydrogen) atoms. The summed E-state index contributed by atoms with van der Waals surface area (Å²) in [6, 6.07) is 7.94. The lowest BCUT2D eigenvalue weighted by molar-refractivity contribution is -0.128. The quantitative estimate of drug-likeness (QED) is 0.523. The van der Waals surface area contributed by atoms with Gasteiger partial charge in [0.1, 0.15) is 5.57 Å². The zero-order valence-electron chi connectivity index (χ0n) is 13.0. The van der Waals surface area contributed by atoms with Crippen molar-refractivity contribution in [2.45, 2.75) is 19.8 Å². The third kappa shape index (κ3) is 3.12. The number of benzene rings is 1. The van der Waals surface area contributed by atoms with Crippen LogP contribution >= 0.6 is 12.2 Å². The molecule has 120 valence electrons. The lowest BCUT2D eigenvalue weighted by Crippen LogP contribution is -2.53. The van der Waals surface area contributed by atoms with E-state index in [0.29, 0.717) is 6.54 Å². The molecule has 1 N–H and O–H groups in total. The minimum absolute atomic E-state index is 0.120. The molecule has 2 aliphatic heterocycles. The van der Waals surface area contributed by atoms with Crippen LogP contribution < -0.4 is 10.2 Å². The number of nitrogens with zero attached hydrogens (tertiary/aromatic N) is 2. The molecule has 2 aliphatic rings. The molecule has 0 spiro atoms. The number of amides is 2.